The maximum absolute atomic E-state index is 13.7. The molecular weight excluding hydrogens is 657 g/mol. The third-order valence-electron chi connectivity index (χ3n) is 8.47. The van der Waals surface area contributed by atoms with Gasteiger partial charge < -0.3 is 19.5 Å². The Balaban J connectivity index is 1.52. The van der Waals surface area contributed by atoms with Crippen molar-refractivity contribution in [2.45, 2.75) is 80.1 Å². The zero-order valence-electron chi connectivity index (χ0n) is 26.0. The maximum atomic E-state index is 13.7. The van der Waals surface area contributed by atoms with Crippen molar-refractivity contribution in [3.63, 3.8) is 0 Å². The number of ether oxygens (including phenoxy) is 3. The van der Waals surface area contributed by atoms with Crippen LogP contribution in [-0.4, -0.2) is 30.7 Å². The largest absolute Gasteiger partial charge is 0.490 e. The monoisotopic (exact) mass is 697 g/mol. The molecule has 1 heterocycles. The molecule has 0 saturated carbocycles. The van der Waals surface area contributed by atoms with E-state index in [1.54, 1.807) is 0 Å². The van der Waals surface area contributed by atoms with Gasteiger partial charge in [-0.3, -0.25) is 14.4 Å². The lowest BCUT2D eigenvalue weighted by Crippen LogP contribution is -2.37. The molecule has 0 saturated heterocycles. The number of rotatable bonds is 7. The number of nitrogens with one attached hydrogen (secondary N) is 1. The van der Waals surface area contributed by atoms with Gasteiger partial charge in [0.1, 0.15) is 11.5 Å². The molecule has 1 aliphatic heterocycles. The SMILES string of the molecule is CCOc1cc(C2C3=C(CC(C)(C)CC3=O)OC3=C2C(=O)CC(C)(C)C3)cc(I)c1OCC(=O)Nc1cccc(C)c1C. The number of hydrogen-bond acceptors (Lipinski definition) is 6. The van der Waals surface area contributed by atoms with Gasteiger partial charge in [0.25, 0.3) is 5.91 Å². The summed E-state index contributed by atoms with van der Waals surface area (Å²) in [5, 5.41) is 2.93. The van der Waals surface area contributed by atoms with Crippen LogP contribution in [0.25, 0.3) is 0 Å². The fourth-order valence-corrected chi connectivity index (χ4v) is 7.16. The summed E-state index contributed by atoms with van der Waals surface area (Å²) in [5.74, 6) is 1.46. The van der Waals surface area contributed by atoms with Crippen molar-refractivity contribution in [1.29, 1.82) is 0 Å². The van der Waals surface area contributed by atoms with Gasteiger partial charge in [-0.05, 0) is 89.1 Å². The molecule has 2 aromatic rings. The van der Waals surface area contributed by atoms with E-state index in [9.17, 15) is 14.4 Å². The fraction of sp³-hybridized carbons (Fsp3) is 0.457. The zero-order valence-corrected chi connectivity index (χ0v) is 28.2. The highest BCUT2D eigenvalue weighted by molar-refractivity contribution is 14.1. The number of halogens is 1. The zero-order chi connectivity index (χ0) is 31.3. The predicted molar refractivity (Wildman–Crippen MR) is 174 cm³/mol. The van der Waals surface area contributed by atoms with Gasteiger partial charge in [-0.2, -0.15) is 0 Å². The minimum Gasteiger partial charge on any atom is -0.490 e. The number of aryl methyl sites for hydroxylation is 1. The van der Waals surface area contributed by atoms with Crippen molar-refractivity contribution < 1.29 is 28.6 Å². The number of hydrogen-bond donors (Lipinski definition) is 1. The Bertz CT molecular complexity index is 1530. The summed E-state index contributed by atoms with van der Waals surface area (Å²) < 4.78 is 19.2. The van der Waals surface area contributed by atoms with Crippen LogP contribution in [0.5, 0.6) is 11.5 Å². The van der Waals surface area contributed by atoms with Gasteiger partial charge in [0.05, 0.1) is 10.2 Å². The molecule has 228 valence electrons. The first kappa shape index (κ1) is 31.3. The van der Waals surface area contributed by atoms with Crippen LogP contribution in [-0.2, 0) is 19.1 Å². The highest BCUT2D eigenvalue weighted by Crippen LogP contribution is 2.54. The van der Waals surface area contributed by atoms with Gasteiger partial charge >= 0.3 is 0 Å². The molecule has 7 nitrogen and oxygen atoms in total. The lowest BCUT2D eigenvalue weighted by Gasteiger charge is -2.42. The Labute approximate surface area is 267 Å². The standard InChI is InChI=1S/C35H40INO6/c1-8-41-26-13-21(12-22(36)33(26)42-18-29(40)37-23-11-9-10-19(2)20(23)3)30-31-24(38)14-34(4,5)16-27(31)43-28-17-35(6,7)15-25(39)32(28)30/h9-13,30H,8,14-18H2,1-7H3,(H,37,40). The second-order valence-corrected chi connectivity index (χ2v) is 14.6. The summed E-state index contributed by atoms with van der Waals surface area (Å²) in [6.45, 7) is 14.3. The first-order chi connectivity index (χ1) is 20.2. The number of allylic oxidation sites excluding steroid dienone is 4. The van der Waals surface area contributed by atoms with Gasteiger partial charge in [0.2, 0.25) is 0 Å². The third-order valence-corrected chi connectivity index (χ3v) is 9.27. The molecular formula is C35H40INO6. The van der Waals surface area contributed by atoms with Crippen molar-refractivity contribution in [1.82, 2.24) is 0 Å². The molecule has 3 aliphatic rings. The number of benzene rings is 2. The Morgan fingerprint density at radius 1 is 0.953 bits per heavy atom. The van der Waals surface area contributed by atoms with Crippen LogP contribution in [0.4, 0.5) is 5.69 Å². The van der Waals surface area contributed by atoms with E-state index in [1.807, 2.05) is 51.1 Å². The van der Waals surface area contributed by atoms with E-state index in [4.69, 9.17) is 14.2 Å². The Hall–Kier alpha value is -3.14. The van der Waals surface area contributed by atoms with E-state index in [0.717, 1.165) is 25.9 Å². The first-order valence-corrected chi connectivity index (χ1v) is 15.9. The van der Waals surface area contributed by atoms with E-state index in [-0.39, 0.29) is 34.9 Å². The molecule has 0 aromatic heterocycles. The molecule has 0 atom stereocenters. The summed E-state index contributed by atoms with van der Waals surface area (Å²) in [7, 11) is 0. The van der Waals surface area contributed by atoms with Crippen molar-refractivity contribution in [3.05, 3.63) is 73.3 Å². The second-order valence-electron chi connectivity index (χ2n) is 13.4. The smallest absolute Gasteiger partial charge is 0.262 e. The van der Waals surface area contributed by atoms with E-state index in [1.165, 1.54) is 0 Å². The molecule has 8 heteroatoms. The van der Waals surface area contributed by atoms with Crippen LogP contribution in [0.15, 0.2) is 53.0 Å². The normalized spacial score (nSPS) is 19.4. The molecule has 2 aromatic carbocycles. The highest BCUT2D eigenvalue weighted by atomic mass is 127. The van der Waals surface area contributed by atoms with Crippen molar-refractivity contribution in [2.75, 3.05) is 18.5 Å². The molecule has 0 spiro atoms. The molecule has 5 rings (SSSR count). The summed E-state index contributed by atoms with van der Waals surface area (Å²) in [6.07, 6.45) is 2.03. The Morgan fingerprint density at radius 3 is 2.14 bits per heavy atom. The molecule has 2 aliphatic carbocycles. The molecule has 0 bridgehead atoms. The third kappa shape index (κ3) is 6.40. The molecule has 1 N–H and O–H groups in total. The van der Waals surface area contributed by atoms with Crippen molar-refractivity contribution in [2.24, 2.45) is 10.8 Å². The van der Waals surface area contributed by atoms with E-state index >= 15 is 0 Å². The minimum absolute atomic E-state index is 0.0110. The molecule has 43 heavy (non-hydrogen) atoms. The number of carbonyl (C=O) groups is 3. The summed E-state index contributed by atoms with van der Waals surface area (Å²) in [6, 6.07) is 9.56. The van der Waals surface area contributed by atoms with Crippen LogP contribution in [0.2, 0.25) is 0 Å². The molecule has 0 fully saturated rings. The summed E-state index contributed by atoms with van der Waals surface area (Å²) in [4.78, 5) is 40.3. The quantitative estimate of drug-likeness (QED) is 0.298. The Morgan fingerprint density at radius 2 is 1.56 bits per heavy atom. The Kier molecular flexibility index (Phi) is 8.55. The topological polar surface area (TPSA) is 90.9 Å². The number of ketones is 2. The number of amides is 1. The molecule has 1 amide bonds. The first-order valence-electron chi connectivity index (χ1n) is 14.8. The van der Waals surface area contributed by atoms with Gasteiger partial charge in [-0.1, -0.05) is 39.8 Å². The predicted octanol–water partition coefficient (Wildman–Crippen LogP) is 7.72. The van der Waals surface area contributed by atoms with Crippen LogP contribution in [0.3, 0.4) is 0 Å². The fourth-order valence-electron chi connectivity index (χ4n) is 6.38. The van der Waals surface area contributed by atoms with Gasteiger partial charge in [0.15, 0.2) is 29.7 Å². The second kappa shape index (κ2) is 11.7. The summed E-state index contributed by atoms with van der Waals surface area (Å²) in [5.41, 5.74) is 4.31. The number of Topliss-reactive ketones (excluding diaryl/α,β-unsaturated/α-hetero) is 2. The van der Waals surface area contributed by atoms with E-state index in [2.05, 4.69) is 55.6 Å². The van der Waals surface area contributed by atoms with Crippen LogP contribution in [0.1, 0.15) is 82.9 Å². The van der Waals surface area contributed by atoms with Crippen LogP contribution in [0, 0.1) is 28.2 Å². The molecule has 0 unspecified atom stereocenters. The van der Waals surface area contributed by atoms with Crippen LogP contribution < -0.4 is 14.8 Å². The minimum atomic E-state index is -0.541. The van der Waals surface area contributed by atoms with Gasteiger partial charge in [-0.15, -0.1) is 0 Å². The maximum Gasteiger partial charge on any atom is 0.262 e. The van der Waals surface area contributed by atoms with Gasteiger partial charge in [0, 0.05) is 48.4 Å². The summed E-state index contributed by atoms with van der Waals surface area (Å²) >= 11 is 2.17. The van der Waals surface area contributed by atoms with Crippen molar-refractivity contribution >= 4 is 45.8 Å². The number of anilines is 1. The number of carbonyl (C=O) groups excluding carboxylic acids is 3. The van der Waals surface area contributed by atoms with E-state index in [0.29, 0.717) is 66.5 Å². The highest BCUT2D eigenvalue weighted by Gasteiger charge is 2.48. The molecule has 0 radical (unpaired) electrons. The lowest BCUT2D eigenvalue weighted by atomic mass is 9.65. The van der Waals surface area contributed by atoms with Crippen LogP contribution >= 0.6 is 22.6 Å². The lowest BCUT2D eigenvalue weighted by molar-refractivity contribution is -0.120. The average molecular weight is 698 g/mol. The average Bonchev–Trinajstić information content (AvgIpc) is 2.88. The van der Waals surface area contributed by atoms with E-state index < -0.39 is 5.92 Å². The van der Waals surface area contributed by atoms with Gasteiger partial charge in [-0.25, -0.2) is 0 Å². The van der Waals surface area contributed by atoms with Crippen molar-refractivity contribution in [3.8, 4) is 11.5 Å².